The van der Waals surface area contributed by atoms with Crippen molar-refractivity contribution in [3.8, 4) is 0 Å². The van der Waals surface area contributed by atoms with E-state index in [9.17, 15) is 4.79 Å². The number of amides is 1. The molecule has 4 nitrogen and oxygen atoms in total. The first-order valence-electron chi connectivity index (χ1n) is 5.21. The zero-order valence-electron chi connectivity index (χ0n) is 9.92. The van der Waals surface area contributed by atoms with E-state index in [1.165, 1.54) is 0 Å². The second kappa shape index (κ2) is 7.30. The second-order valence-electron chi connectivity index (χ2n) is 3.48. The Balaban J connectivity index is 0.00000225. The van der Waals surface area contributed by atoms with Crippen molar-refractivity contribution in [2.24, 2.45) is 0 Å². The van der Waals surface area contributed by atoms with Crippen molar-refractivity contribution in [3.63, 3.8) is 0 Å². The second-order valence-corrected chi connectivity index (χ2v) is 3.48. The van der Waals surface area contributed by atoms with E-state index in [1.54, 1.807) is 0 Å². The number of likely N-dealkylation sites (N-methyl/N-ethyl adjacent to an activating group) is 1. The fraction of sp³-hybridized carbons (Fsp3) is 0.545. The smallest absolute Gasteiger partial charge is 0.287 e. The van der Waals surface area contributed by atoms with Crippen molar-refractivity contribution in [3.05, 3.63) is 23.2 Å². The minimum absolute atomic E-state index is 0. The molecule has 0 bridgehead atoms. The summed E-state index contributed by atoms with van der Waals surface area (Å²) < 4.78 is 5.30. The number of halogens is 1. The Bertz CT molecular complexity index is 337. The van der Waals surface area contributed by atoms with Crippen molar-refractivity contribution >= 4 is 18.3 Å². The molecule has 0 saturated carbocycles. The predicted molar refractivity (Wildman–Crippen MR) is 66.3 cm³/mol. The lowest BCUT2D eigenvalue weighted by Crippen LogP contribution is -2.31. The standard InChI is InChI=1S/C11H18N2O2.ClH/c1-4-12-5-6-13-11(14)10-8(2)7-9(3)15-10;/h7,12H,4-6H2,1-3H3,(H,13,14);1H. The minimum atomic E-state index is -0.140. The van der Waals surface area contributed by atoms with Gasteiger partial charge in [0.1, 0.15) is 5.76 Å². The maximum atomic E-state index is 11.6. The van der Waals surface area contributed by atoms with Gasteiger partial charge in [0, 0.05) is 18.7 Å². The van der Waals surface area contributed by atoms with Gasteiger partial charge in [0.2, 0.25) is 0 Å². The number of rotatable bonds is 5. The van der Waals surface area contributed by atoms with Gasteiger partial charge in [0.05, 0.1) is 0 Å². The highest BCUT2D eigenvalue weighted by molar-refractivity contribution is 5.92. The minimum Gasteiger partial charge on any atom is -0.456 e. The molecular formula is C11H19ClN2O2. The summed E-state index contributed by atoms with van der Waals surface area (Å²) in [6, 6.07) is 1.86. The Hall–Kier alpha value is -1.00. The Morgan fingerprint density at radius 3 is 2.56 bits per heavy atom. The number of nitrogens with one attached hydrogen (secondary N) is 2. The lowest BCUT2D eigenvalue weighted by atomic mass is 10.2. The topological polar surface area (TPSA) is 54.3 Å². The van der Waals surface area contributed by atoms with Crippen LogP contribution in [0.4, 0.5) is 0 Å². The van der Waals surface area contributed by atoms with Crippen LogP contribution >= 0.6 is 12.4 Å². The number of hydrogen-bond donors (Lipinski definition) is 2. The summed E-state index contributed by atoms with van der Waals surface area (Å²) in [5.41, 5.74) is 0.883. The summed E-state index contributed by atoms with van der Waals surface area (Å²) in [5, 5.41) is 5.92. The predicted octanol–water partition coefficient (Wildman–Crippen LogP) is 1.66. The van der Waals surface area contributed by atoms with Crippen molar-refractivity contribution in [1.82, 2.24) is 10.6 Å². The molecule has 0 aliphatic carbocycles. The van der Waals surface area contributed by atoms with E-state index in [0.29, 0.717) is 12.3 Å². The van der Waals surface area contributed by atoms with Gasteiger partial charge in [-0.1, -0.05) is 6.92 Å². The third-order valence-electron chi connectivity index (χ3n) is 2.08. The van der Waals surface area contributed by atoms with E-state index in [1.807, 2.05) is 26.8 Å². The summed E-state index contributed by atoms with van der Waals surface area (Å²) in [5.74, 6) is 1.05. The number of carbonyl (C=O) groups excluding carboxylic acids is 1. The van der Waals surface area contributed by atoms with Crippen LogP contribution in [0.25, 0.3) is 0 Å². The quantitative estimate of drug-likeness (QED) is 0.777. The van der Waals surface area contributed by atoms with Crippen LogP contribution in [0.2, 0.25) is 0 Å². The van der Waals surface area contributed by atoms with E-state index >= 15 is 0 Å². The van der Waals surface area contributed by atoms with Crippen LogP contribution < -0.4 is 10.6 Å². The third kappa shape index (κ3) is 4.24. The van der Waals surface area contributed by atoms with Gasteiger partial charge >= 0.3 is 0 Å². The summed E-state index contributed by atoms with van der Waals surface area (Å²) in [6.07, 6.45) is 0. The van der Waals surface area contributed by atoms with Crippen LogP contribution in [0.5, 0.6) is 0 Å². The van der Waals surface area contributed by atoms with Gasteiger partial charge in [0.15, 0.2) is 5.76 Å². The van der Waals surface area contributed by atoms with Gasteiger partial charge in [-0.15, -0.1) is 12.4 Å². The lowest BCUT2D eigenvalue weighted by Gasteiger charge is -2.03. The molecule has 1 amide bonds. The SMILES string of the molecule is CCNCCNC(=O)c1oc(C)cc1C.Cl. The molecule has 0 aromatic carbocycles. The lowest BCUT2D eigenvalue weighted by molar-refractivity contribution is 0.0924. The molecule has 92 valence electrons. The highest BCUT2D eigenvalue weighted by atomic mass is 35.5. The Morgan fingerprint density at radius 1 is 1.38 bits per heavy atom. The Kier molecular flexibility index (Phi) is 6.85. The van der Waals surface area contributed by atoms with Gasteiger partial charge in [0.25, 0.3) is 5.91 Å². The molecule has 0 unspecified atom stereocenters. The average Bonchev–Trinajstić information content (AvgIpc) is 2.52. The number of furan rings is 1. The highest BCUT2D eigenvalue weighted by Crippen LogP contribution is 2.12. The van der Waals surface area contributed by atoms with Gasteiger partial charge in [-0.05, 0) is 26.5 Å². The molecule has 16 heavy (non-hydrogen) atoms. The van der Waals surface area contributed by atoms with E-state index in [0.717, 1.165) is 24.4 Å². The van der Waals surface area contributed by atoms with Crippen LogP contribution in [0.3, 0.4) is 0 Å². The molecule has 0 atom stereocenters. The van der Waals surface area contributed by atoms with E-state index < -0.39 is 0 Å². The fourth-order valence-corrected chi connectivity index (χ4v) is 1.39. The molecule has 0 radical (unpaired) electrons. The number of aryl methyl sites for hydroxylation is 2. The normalized spacial score (nSPS) is 9.69. The zero-order chi connectivity index (χ0) is 11.3. The summed E-state index contributed by atoms with van der Waals surface area (Å²) in [6.45, 7) is 8.04. The Labute approximate surface area is 102 Å². The first kappa shape index (κ1) is 15.0. The molecule has 0 spiro atoms. The molecule has 0 aliphatic rings. The van der Waals surface area contributed by atoms with Crippen molar-refractivity contribution < 1.29 is 9.21 Å². The fourth-order valence-electron chi connectivity index (χ4n) is 1.39. The van der Waals surface area contributed by atoms with Gasteiger partial charge in [-0.25, -0.2) is 0 Å². The van der Waals surface area contributed by atoms with Crippen molar-refractivity contribution in [1.29, 1.82) is 0 Å². The highest BCUT2D eigenvalue weighted by Gasteiger charge is 2.13. The van der Waals surface area contributed by atoms with E-state index in [-0.39, 0.29) is 18.3 Å². The first-order valence-corrected chi connectivity index (χ1v) is 5.21. The first-order chi connectivity index (χ1) is 7.15. The van der Waals surface area contributed by atoms with Crippen LogP contribution in [-0.2, 0) is 0 Å². The van der Waals surface area contributed by atoms with Crippen molar-refractivity contribution in [2.45, 2.75) is 20.8 Å². The zero-order valence-corrected chi connectivity index (χ0v) is 10.7. The molecular weight excluding hydrogens is 228 g/mol. The molecule has 0 fully saturated rings. The van der Waals surface area contributed by atoms with Crippen LogP contribution in [0.15, 0.2) is 10.5 Å². The van der Waals surface area contributed by atoms with Gasteiger partial charge in [-0.2, -0.15) is 0 Å². The summed E-state index contributed by atoms with van der Waals surface area (Å²) in [7, 11) is 0. The number of hydrogen-bond acceptors (Lipinski definition) is 3. The summed E-state index contributed by atoms with van der Waals surface area (Å²) in [4.78, 5) is 11.6. The van der Waals surface area contributed by atoms with E-state index in [4.69, 9.17) is 4.42 Å². The van der Waals surface area contributed by atoms with Crippen LogP contribution in [-0.4, -0.2) is 25.5 Å². The largest absolute Gasteiger partial charge is 0.456 e. The molecule has 0 saturated heterocycles. The molecule has 1 rings (SSSR count). The molecule has 1 aromatic heterocycles. The van der Waals surface area contributed by atoms with Crippen LogP contribution in [0.1, 0.15) is 28.8 Å². The van der Waals surface area contributed by atoms with Gasteiger partial charge in [-0.3, -0.25) is 4.79 Å². The van der Waals surface area contributed by atoms with E-state index in [2.05, 4.69) is 10.6 Å². The molecule has 2 N–H and O–H groups in total. The maximum Gasteiger partial charge on any atom is 0.287 e. The van der Waals surface area contributed by atoms with Crippen molar-refractivity contribution in [2.75, 3.05) is 19.6 Å². The molecule has 1 heterocycles. The van der Waals surface area contributed by atoms with Gasteiger partial charge < -0.3 is 15.1 Å². The third-order valence-corrected chi connectivity index (χ3v) is 2.08. The summed E-state index contributed by atoms with van der Waals surface area (Å²) >= 11 is 0. The molecule has 0 aliphatic heterocycles. The molecule has 1 aromatic rings. The average molecular weight is 247 g/mol. The Morgan fingerprint density at radius 2 is 2.06 bits per heavy atom. The number of carbonyl (C=O) groups is 1. The monoisotopic (exact) mass is 246 g/mol. The molecule has 5 heteroatoms. The van der Waals surface area contributed by atoms with Crippen LogP contribution in [0, 0.1) is 13.8 Å². The maximum absolute atomic E-state index is 11.6.